The first-order valence-electron chi connectivity index (χ1n) is 10.9. The van der Waals surface area contributed by atoms with Gasteiger partial charge in [-0.15, -0.1) is 11.3 Å². The van der Waals surface area contributed by atoms with Crippen LogP contribution < -0.4 is 9.64 Å². The maximum Gasteiger partial charge on any atom is 0.246 e. The lowest BCUT2D eigenvalue weighted by atomic mass is 10.1. The molecule has 2 aromatic carbocycles. The van der Waals surface area contributed by atoms with Crippen LogP contribution in [0.3, 0.4) is 0 Å². The highest BCUT2D eigenvalue weighted by atomic mass is 32.1. The van der Waals surface area contributed by atoms with E-state index in [1.807, 2.05) is 71.8 Å². The highest BCUT2D eigenvalue weighted by Gasteiger charge is 2.20. The molecule has 3 aromatic rings. The second kappa shape index (κ2) is 10.4. The van der Waals surface area contributed by atoms with Crippen molar-refractivity contribution >= 4 is 34.8 Å². The predicted molar refractivity (Wildman–Crippen MR) is 132 cm³/mol. The Labute approximate surface area is 198 Å². The van der Waals surface area contributed by atoms with Gasteiger partial charge in [-0.05, 0) is 61.9 Å². The molecule has 0 atom stereocenters. The van der Waals surface area contributed by atoms with Gasteiger partial charge in [-0.1, -0.05) is 12.1 Å². The number of piperazine rings is 1. The summed E-state index contributed by atoms with van der Waals surface area (Å²) in [5, 5.41) is 3.02. The average molecular weight is 462 g/mol. The number of ether oxygens (including phenoxy) is 1. The molecule has 1 saturated heterocycles. The van der Waals surface area contributed by atoms with Crippen LogP contribution in [0.25, 0.3) is 6.08 Å². The Morgan fingerprint density at radius 3 is 2.52 bits per heavy atom. The summed E-state index contributed by atoms with van der Waals surface area (Å²) in [6.07, 6.45) is 3.45. The minimum Gasteiger partial charge on any atom is -0.487 e. The van der Waals surface area contributed by atoms with Crippen molar-refractivity contribution in [2.45, 2.75) is 20.5 Å². The van der Waals surface area contributed by atoms with Crippen molar-refractivity contribution in [2.75, 3.05) is 31.1 Å². The van der Waals surface area contributed by atoms with E-state index in [1.54, 1.807) is 24.3 Å². The van der Waals surface area contributed by atoms with Gasteiger partial charge in [0.15, 0.2) is 5.78 Å². The maximum absolute atomic E-state index is 12.7. The number of carbonyl (C=O) groups excluding carboxylic acids is 2. The second-order valence-corrected chi connectivity index (χ2v) is 9.03. The van der Waals surface area contributed by atoms with Gasteiger partial charge < -0.3 is 14.5 Å². The van der Waals surface area contributed by atoms with Crippen LogP contribution in [0, 0.1) is 6.92 Å². The van der Waals surface area contributed by atoms with Gasteiger partial charge >= 0.3 is 0 Å². The number of anilines is 1. The molecule has 0 radical (unpaired) electrons. The summed E-state index contributed by atoms with van der Waals surface area (Å²) in [4.78, 5) is 32.6. The summed E-state index contributed by atoms with van der Waals surface area (Å²) < 4.78 is 5.83. The Hall–Kier alpha value is -3.45. The molecule has 1 fully saturated rings. The van der Waals surface area contributed by atoms with Crippen molar-refractivity contribution in [3.8, 4) is 5.75 Å². The first-order chi connectivity index (χ1) is 16.0. The lowest BCUT2D eigenvalue weighted by molar-refractivity contribution is -0.126. The van der Waals surface area contributed by atoms with Crippen molar-refractivity contribution in [1.29, 1.82) is 0 Å². The van der Waals surface area contributed by atoms with Gasteiger partial charge in [-0.3, -0.25) is 9.59 Å². The summed E-state index contributed by atoms with van der Waals surface area (Å²) in [6, 6.07) is 15.3. The Kier molecular flexibility index (Phi) is 7.19. The van der Waals surface area contributed by atoms with Crippen molar-refractivity contribution in [3.05, 3.63) is 81.8 Å². The number of hydrogen-bond acceptors (Lipinski definition) is 6. The van der Waals surface area contributed by atoms with Crippen LogP contribution in [0.5, 0.6) is 5.75 Å². The topological polar surface area (TPSA) is 62.7 Å². The summed E-state index contributed by atoms with van der Waals surface area (Å²) >= 11 is 1.61. The normalized spacial score (nSPS) is 14.0. The van der Waals surface area contributed by atoms with E-state index in [0.29, 0.717) is 25.3 Å². The number of carbonyl (C=O) groups is 2. The van der Waals surface area contributed by atoms with Gasteiger partial charge in [0.05, 0.1) is 10.7 Å². The van der Waals surface area contributed by atoms with E-state index in [-0.39, 0.29) is 11.7 Å². The van der Waals surface area contributed by atoms with Gasteiger partial charge in [-0.25, -0.2) is 4.98 Å². The molecule has 4 rings (SSSR count). The van der Waals surface area contributed by atoms with Gasteiger partial charge in [0, 0.05) is 48.9 Å². The van der Waals surface area contributed by atoms with E-state index in [4.69, 9.17) is 4.74 Å². The molecular formula is C26H27N3O3S. The fourth-order valence-corrected chi connectivity index (χ4v) is 4.30. The van der Waals surface area contributed by atoms with Gasteiger partial charge in [0.25, 0.3) is 0 Å². The van der Waals surface area contributed by atoms with E-state index in [2.05, 4.69) is 9.88 Å². The molecule has 0 bridgehead atoms. The number of nitrogens with zero attached hydrogens (tertiary/aromatic N) is 3. The van der Waals surface area contributed by atoms with E-state index in [9.17, 15) is 9.59 Å². The van der Waals surface area contributed by atoms with Gasteiger partial charge in [0.2, 0.25) is 5.91 Å². The molecule has 2 heterocycles. The molecule has 1 aromatic heterocycles. The molecule has 0 unspecified atom stereocenters. The molecule has 1 aliphatic heterocycles. The average Bonchev–Trinajstić information content (AvgIpc) is 3.26. The molecule has 7 heteroatoms. The number of Topliss-reactive ketones (excluding diaryl/α,β-unsaturated/α-hetero) is 1. The zero-order valence-electron chi connectivity index (χ0n) is 18.9. The van der Waals surface area contributed by atoms with Crippen molar-refractivity contribution in [2.24, 2.45) is 0 Å². The van der Waals surface area contributed by atoms with Crippen molar-refractivity contribution in [3.63, 3.8) is 0 Å². The molecule has 6 nitrogen and oxygen atoms in total. The third-order valence-electron chi connectivity index (χ3n) is 5.56. The van der Waals surface area contributed by atoms with E-state index >= 15 is 0 Å². The number of aromatic nitrogens is 1. The largest absolute Gasteiger partial charge is 0.487 e. The molecular weight excluding hydrogens is 434 g/mol. The van der Waals surface area contributed by atoms with Crippen molar-refractivity contribution in [1.82, 2.24) is 9.88 Å². The molecule has 0 spiro atoms. The highest BCUT2D eigenvalue weighted by Crippen LogP contribution is 2.19. The Morgan fingerprint density at radius 1 is 1.09 bits per heavy atom. The first kappa shape index (κ1) is 22.7. The van der Waals surface area contributed by atoms with Crippen LogP contribution in [0.2, 0.25) is 0 Å². The fourth-order valence-electron chi connectivity index (χ4n) is 3.70. The number of rotatable bonds is 7. The van der Waals surface area contributed by atoms with Gasteiger partial charge in [-0.2, -0.15) is 0 Å². The van der Waals surface area contributed by atoms with Crippen LogP contribution in [0.1, 0.15) is 33.5 Å². The molecule has 1 amide bonds. The van der Waals surface area contributed by atoms with Crippen LogP contribution in [-0.2, 0) is 11.4 Å². The summed E-state index contributed by atoms with van der Waals surface area (Å²) in [5.41, 5.74) is 3.62. The number of aryl methyl sites for hydroxylation is 1. The Balaban J connectivity index is 1.29. The van der Waals surface area contributed by atoms with Gasteiger partial charge in [0.1, 0.15) is 12.4 Å². The quantitative estimate of drug-likeness (QED) is 0.380. The molecule has 170 valence electrons. The molecule has 33 heavy (non-hydrogen) atoms. The van der Waals surface area contributed by atoms with E-state index in [0.717, 1.165) is 40.8 Å². The first-order valence-corrected chi connectivity index (χ1v) is 11.8. The third-order valence-corrected chi connectivity index (χ3v) is 6.38. The second-order valence-electron chi connectivity index (χ2n) is 7.97. The molecule has 0 saturated carbocycles. The summed E-state index contributed by atoms with van der Waals surface area (Å²) in [6.45, 7) is 6.82. The lowest BCUT2D eigenvalue weighted by Gasteiger charge is -2.35. The summed E-state index contributed by atoms with van der Waals surface area (Å²) in [7, 11) is 0. The van der Waals surface area contributed by atoms with Crippen LogP contribution in [0.15, 0.2) is 60.0 Å². The number of amides is 1. The zero-order valence-corrected chi connectivity index (χ0v) is 19.7. The monoisotopic (exact) mass is 461 g/mol. The van der Waals surface area contributed by atoms with E-state index in [1.165, 1.54) is 0 Å². The van der Waals surface area contributed by atoms with E-state index < -0.39 is 0 Å². The minimum atomic E-state index is 0.00541. The van der Waals surface area contributed by atoms with Crippen LogP contribution >= 0.6 is 11.3 Å². The molecule has 0 aliphatic carbocycles. The van der Waals surface area contributed by atoms with Crippen molar-refractivity contribution < 1.29 is 14.3 Å². The number of hydrogen-bond donors (Lipinski definition) is 0. The van der Waals surface area contributed by atoms with Crippen LogP contribution in [0.4, 0.5) is 5.69 Å². The number of ketones is 1. The maximum atomic E-state index is 12.7. The SMILES string of the molecule is CC(=O)c1ccc(N2CCN(C(=O)/C=C/c3cccc(OCc4csc(C)n4)c3)CC2)cc1. The summed E-state index contributed by atoms with van der Waals surface area (Å²) in [5.74, 6) is 0.820. The Morgan fingerprint density at radius 2 is 1.85 bits per heavy atom. The highest BCUT2D eigenvalue weighted by molar-refractivity contribution is 7.09. The fraction of sp³-hybridized carbons (Fsp3) is 0.269. The zero-order chi connectivity index (χ0) is 23.2. The Bertz CT molecular complexity index is 1150. The lowest BCUT2D eigenvalue weighted by Crippen LogP contribution is -2.48. The minimum absolute atomic E-state index is 0.00541. The smallest absolute Gasteiger partial charge is 0.246 e. The van der Waals surface area contributed by atoms with Crippen LogP contribution in [-0.4, -0.2) is 47.8 Å². The number of thiazole rings is 1. The number of benzene rings is 2. The predicted octanol–water partition coefficient (Wildman–Crippen LogP) is 4.60. The molecule has 1 aliphatic rings. The standard InChI is InChI=1S/C26H27N3O3S/c1-19(30)22-7-9-24(10-8-22)28-12-14-29(15-13-28)26(31)11-6-21-4-3-5-25(16-21)32-17-23-18-33-20(2)27-23/h3-11,16,18H,12-15,17H2,1-2H3/b11-6+. The third kappa shape index (κ3) is 6.08. The molecule has 0 N–H and O–H groups in total.